The molecule has 142 valence electrons. The van der Waals surface area contributed by atoms with Crippen molar-refractivity contribution in [2.75, 3.05) is 26.2 Å². The largest absolute Gasteiger partial charge is 0.335 e. The van der Waals surface area contributed by atoms with Gasteiger partial charge in [-0.1, -0.05) is 27.7 Å². The molecular formula is C18H27N5O3. The molecule has 2 saturated heterocycles. The van der Waals surface area contributed by atoms with Crippen LogP contribution in [0, 0.1) is 11.3 Å². The van der Waals surface area contributed by atoms with Crippen LogP contribution in [0.3, 0.4) is 0 Å². The topological polar surface area (TPSA) is 78.8 Å². The molecule has 0 spiro atoms. The number of aryl methyl sites for hydroxylation is 1. The van der Waals surface area contributed by atoms with E-state index >= 15 is 0 Å². The minimum absolute atomic E-state index is 0.157. The average molecular weight is 361 g/mol. The predicted molar refractivity (Wildman–Crippen MR) is 95.3 cm³/mol. The molecule has 1 aromatic rings. The molecule has 0 N–H and O–H groups in total. The van der Waals surface area contributed by atoms with Gasteiger partial charge in [0.05, 0.1) is 18.3 Å². The zero-order valence-corrected chi connectivity index (χ0v) is 16.1. The van der Waals surface area contributed by atoms with E-state index < -0.39 is 6.04 Å². The summed E-state index contributed by atoms with van der Waals surface area (Å²) >= 11 is 0. The predicted octanol–water partition coefficient (Wildman–Crippen LogP) is 1.19. The molecule has 2 aliphatic heterocycles. The first-order chi connectivity index (χ1) is 12.1. The lowest BCUT2D eigenvalue weighted by molar-refractivity contribution is -0.128. The maximum atomic E-state index is 12.9. The maximum absolute atomic E-state index is 12.9. The van der Waals surface area contributed by atoms with E-state index in [1.54, 1.807) is 27.7 Å². The maximum Gasteiger partial charge on any atom is 0.327 e. The minimum atomic E-state index is -0.608. The van der Waals surface area contributed by atoms with Crippen molar-refractivity contribution in [1.29, 1.82) is 0 Å². The minimum Gasteiger partial charge on any atom is -0.335 e. The second-order valence-corrected chi connectivity index (χ2v) is 8.52. The van der Waals surface area contributed by atoms with Gasteiger partial charge < -0.3 is 9.80 Å². The number of hydrogen-bond donors (Lipinski definition) is 0. The summed E-state index contributed by atoms with van der Waals surface area (Å²) < 4.78 is 1.58. The van der Waals surface area contributed by atoms with Gasteiger partial charge in [0, 0.05) is 38.3 Å². The first-order valence-electron chi connectivity index (χ1n) is 8.99. The van der Waals surface area contributed by atoms with Crippen LogP contribution in [0.25, 0.3) is 0 Å². The molecule has 8 nitrogen and oxygen atoms in total. The van der Waals surface area contributed by atoms with E-state index in [1.807, 2.05) is 27.7 Å². The second kappa shape index (κ2) is 6.41. The van der Waals surface area contributed by atoms with Crippen LogP contribution in [0.5, 0.6) is 0 Å². The van der Waals surface area contributed by atoms with Crippen molar-refractivity contribution in [3.63, 3.8) is 0 Å². The zero-order valence-electron chi connectivity index (χ0n) is 16.1. The molecule has 3 heterocycles. The van der Waals surface area contributed by atoms with Crippen molar-refractivity contribution < 1.29 is 14.4 Å². The number of fused-ring (bicyclic) bond motifs is 1. The number of rotatable bonds is 3. The molecule has 0 saturated carbocycles. The average Bonchev–Trinajstić information content (AvgIpc) is 3.00. The van der Waals surface area contributed by atoms with Gasteiger partial charge in [0.15, 0.2) is 0 Å². The van der Waals surface area contributed by atoms with E-state index in [-0.39, 0.29) is 35.7 Å². The molecular weight excluding hydrogens is 334 g/mol. The summed E-state index contributed by atoms with van der Waals surface area (Å²) in [6.45, 7) is 9.55. The quantitative estimate of drug-likeness (QED) is 0.758. The monoisotopic (exact) mass is 361 g/mol. The Morgan fingerprint density at radius 1 is 1.31 bits per heavy atom. The van der Waals surface area contributed by atoms with Gasteiger partial charge in [0.2, 0.25) is 0 Å². The van der Waals surface area contributed by atoms with Crippen LogP contribution < -0.4 is 0 Å². The standard InChI is InChI=1S/C18H27N5O3/c1-12(2)7-22-16(25)14-9-21(15(24)13-6-19-20(5)8-13)10-18(3,4)11-23(14)17(22)26/h6,8,12,14H,7,9-11H2,1-5H3. The Morgan fingerprint density at radius 2 is 2.00 bits per heavy atom. The molecule has 4 amide bonds. The molecule has 1 unspecified atom stereocenters. The van der Waals surface area contributed by atoms with Crippen LogP contribution in [0.15, 0.2) is 12.4 Å². The van der Waals surface area contributed by atoms with E-state index in [2.05, 4.69) is 5.10 Å². The number of hydrogen-bond acceptors (Lipinski definition) is 4. The van der Waals surface area contributed by atoms with Crippen LogP contribution in [0.2, 0.25) is 0 Å². The number of urea groups is 1. The summed E-state index contributed by atoms with van der Waals surface area (Å²) in [6.07, 6.45) is 3.20. The lowest BCUT2D eigenvalue weighted by Crippen LogP contribution is -2.44. The first-order valence-corrected chi connectivity index (χ1v) is 8.99. The Bertz CT molecular complexity index is 739. The summed E-state index contributed by atoms with van der Waals surface area (Å²) in [4.78, 5) is 43.3. The molecule has 1 atom stereocenters. The molecule has 8 heteroatoms. The number of imide groups is 1. The summed E-state index contributed by atoms with van der Waals surface area (Å²) in [6, 6.07) is -0.846. The molecule has 1 aromatic heterocycles. The fourth-order valence-corrected chi connectivity index (χ4v) is 3.75. The Morgan fingerprint density at radius 3 is 2.58 bits per heavy atom. The third kappa shape index (κ3) is 3.32. The number of carbonyl (C=O) groups is 3. The molecule has 2 fully saturated rings. The van der Waals surface area contributed by atoms with Gasteiger partial charge in [-0.05, 0) is 5.92 Å². The Hall–Kier alpha value is -2.38. The number of amides is 4. The van der Waals surface area contributed by atoms with E-state index in [4.69, 9.17) is 0 Å². The Kier molecular flexibility index (Phi) is 4.54. The first kappa shape index (κ1) is 18.4. The third-order valence-electron chi connectivity index (χ3n) is 4.80. The van der Waals surface area contributed by atoms with Crippen molar-refractivity contribution in [3.05, 3.63) is 18.0 Å². The highest BCUT2D eigenvalue weighted by Gasteiger charge is 2.50. The molecule has 0 aliphatic carbocycles. The van der Waals surface area contributed by atoms with E-state index in [0.717, 1.165) is 0 Å². The fraction of sp³-hybridized carbons (Fsp3) is 0.667. The fourth-order valence-electron chi connectivity index (χ4n) is 3.75. The zero-order chi connectivity index (χ0) is 19.2. The molecule has 26 heavy (non-hydrogen) atoms. The van der Waals surface area contributed by atoms with Gasteiger partial charge in [0.25, 0.3) is 11.8 Å². The molecule has 0 bridgehead atoms. The van der Waals surface area contributed by atoms with Crippen molar-refractivity contribution in [2.45, 2.75) is 33.7 Å². The summed E-state index contributed by atoms with van der Waals surface area (Å²) in [5.74, 6) is -0.159. The van der Waals surface area contributed by atoms with Crippen LogP contribution in [0.4, 0.5) is 4.79 Å². The highest BCUT2D eigenvalue weighted by atomic mass is 16.2. The van der Waals surface area contributed by atoms with Gasteiger partial charge in [-0.3, -0.25) is 19.2 Å². The van der Waals surface area contributed by atoms with Crippen molar-refractivity contribution in [3.8, 4) is 0 Å². The third-order valence-corrected chi connectivity index (χ3v) is 4.80. The van der Waals surface area contributed by atoms with E-state index in [1.165, 1.54) is 11.1 Å². The highest BCUT2D eigenvalue weighted by molar-refractivity contribution is 6.05. The molecule has 2 aliphatic rings. The summed E-state index contributed by atoms with van der Waals surface area (Å²) in [7, 11) is 1.76. The van der Waals surface area contributed by atoms with Crippen LogP contribution in [0.1, 0.15) is 38.1 Å². The Balaban J connectivity index is 1.89. The van der Waals surface area contributed by atoms with Crippen LogP contribution in [-0.4, -0.2) is 74.5 Å². The molecule has 0 radical (unpaired) electrons. The van der Waals surface area contributed by atoms with Crippen LogP contribution >= 0.6 is 0 Å². The van der Waals surface area contributed by atoms with Crippen LogP contribution in [-0.2, 0) is 11.8 Å². The molecule has 3 rings (SSSR count). The van der Waals surface area contributed by atoms with E-state index in [0.29, 0.717) is 25.2 Å². The van der Waals surface area contributed by atoms with E-state index in [9.17, 15) is 14.4 Å². The van der Waals surface area contributed by atoms with Gasteiger partial charge in [-0.15, -0.1) is 0 Å². The molecule has 0 aromatic carbocycles. The van der Waals surface area contributed by atoms with Crippen molar-refractivity contribution in [1.82, 2.24) is 24.5 Å². The Labute approximate surface area is 153 Å². The smallest absolute Gasteiger partial charge is 0.327 e. The number of nitrogens with zero attached hydrogens (tertiary/aromatic N) is 5. The van der Waals surface area contributed by atoms with Gasteiger partial charge in [-0.2, -0.15) is 5.10 Å². The van der Waals surface area contributed by atoms with Gasteiger partial charge in [0.1, 0.15) is 6.04 Å². The van der Waals surface area contributed by atoms with Gasteiger partial charge >= 0.3 is 6.03 Å². The lowest BCUT2D eigenvalue weighted by Gasteiger charge is -2.30. The highest BCUT2D eigenvalue weighted by Crippen LogP contribution is 2.31. The van der Waals surface area contributed by atoms with Crippen molar-refractivity contribution in [2.24, 2.45) is 18.4 Å². The summed E-state index contributed by atoms with van der Waals surface area (Å²) in [5.41, 5.74) is 0.184. The van der Waals surface area contributed by atoms with Gasteiger partial charge in [-0.25, -0.2) is 4.79 Å². The SMILES string of the molecule is CC(C)CN1C(=O)C2CN(C(=O)c3cnn(C)c3)CC(C)(C)CN2C1=O. The number of aromatic nitrogens is 2. The second-order valence-electron chi connectivity index (χ2n) is 8.52. The van der Waals surface area contributed by atoms with Crippen molar-refractivity contribution >= 4 is 17.8 Å². The summed E-state index contributed by atoms with van der Waals surface area (Å²) in [5, 5.41) is 4.06. The number of carbonyl (C=O) groups excluding carboxylic acids is 3. The lowest BCUT2D eigenvalue weighted by atomic mass is 9.92. The normalized spacial score (nSPS) is 22.8.